The fourth-order valence-corrected chi connectivity index (χ4v) is 1.32. The predicted octanol–water partition coefficient (Wildman–Crippen LogP) is 3.99. The van der Waals surface area contributed by atoms with Gasteiger partial charge in [-0.2, -0.15) is 13.2 Å². The van der Waals surface area contributed by atoms with Gasteiger partial charge in [0.2, 0.25) is 0 Å². The van der Waals surface area contributed by atoms with Gasteiger partial charge in [0.15, 0.2) is 0 Å². The van der Waals surface area contributed by atoms with Gasteiger partial charge in [-0.15, -0.1) is 0 Å². The first-order valence-corrected chi connectivity index (χ1v) is 4.21. The van der Waals surface area contributed by atoms with Crippen LogP contribution in [0.15, 0.2) is 23.7 Å². The van der Waals surface area contributed by atoms with Gasteiger partial charge in [-0.3, -0.25) is 4.99 Å². The minimum absolute atomic E-state index is 0.157. The van der Waals surface area contributed by atoms with Crippen molar-refractivity contribution >= 4 is 18.5 Å². The van der Waals surface area contributed by atoms with Crippen LogP contribution < -0.4 is 0 Å². The molecule has 1 rings (SSSR count). The van der Waals surface area contributed by atoms with Crippen LogP contribution >= 0.6 is 0 Å². The Morgan fingerprint density at radius 1 is 1.33 bits per heavy atom. The lowest BCUT2D eigenvalue weighted by Gasteiger charge is -2.12. The van der Waals surface area contributed by atoms with Crippen molar-refractivity contribution in [2.45, 2.75) is 13.1 Å². The SMILES string of the molecule is C=Cc1cc(C)c(C(F)(F)F)cc1N=C. The lowest BCUT2D eigenvalue weighted by Crippen LogP contribution is -2.07. The molecule has 0 bridgehead atoms. The highest BCUT2D eigenvalue weighted by Gasteiger charge is 2.32. The van der Waals surface area contributed by atoms with Crippen LogP contribution in [0.1, 0.15) is 16.7 Å². The molecule has 0 heterocycles. The number of aliphatic imine (C=N–C) groups is 1. The van der Waals surface area contributed by atoms with E-state index in [1.807, 2.05) is 0 Å². The first-order chi connectivity index (χ1) is 6.90. The van der Waals surface area contributed by atoms with Crippen LogP contribution in [0.3, 0.4) is 0 Å². The highest BCUT2D eigenvalue weighted by molar-refractivity contribution is 5.67. The number of alkyl halides is 3. The Labute approximate surface area is 86.0 Å². The normalized spacial score (nSPS) is 11.2. The molecule has 0 aromatic heterocycles. The standard InChI is InChI=1S/C11H10F3N/c1-4-8-5-7(2)9(11(12,13)14)6-10(8)15-3/h4-6H,1,3H2,2H3. The first kappa shape index (κ1) is 11.5. The Kier molecular flexibility index (Phi) is 2.98. The van der Waals surface area contributed by atoms with Crippen LogP contribution in [0.4, 0.5) is 18.9 Å². The summed E-state index contributed by atoms with van der Waals surface area (Å²) >= 11 is 0. The van der Waals surface area contributed by atoms with E-state index in [2.05, 4.69) is 18.3 Å². The summed E-state index contributed by atoms with van der Waals surface area (Å²) in [6.45, 7) is 8.14. The predicted molar refractivity (Wildman–Crippen MR) is 55.5 cm³/mol. The van der Waals surface area contributed by atoms with Crippen molar-refractivity contribution in [1.82, 2.24) is 0 Å². The minimum Gasteiger partial charge on any atom is -0.264 e. The summed E-state index contributed by atoms with van der Waals surface area (Å²) in [5.74, 6) is 0. The summed E-state index contributed by atoms with van der Waals surface area (Å²) in [7, 11) is 0. The number of halogens is 3. The molecular weight excluding hydrogens is 203 g/mol. The topological polar surface area (TPSA) is 12.4 Å². The van der Waals surface area contributed by atoms with E-state index in [0.29, 0.717) is 5.56 Å². The highest BCUT2D eigenvalue weighted by Crippen LogP contribution is 2.36. The Hall–Kier alpha value is -1.58. The van der Waals surface area contributed by atoms with Gasteiger partial charge < -0.3 is 0 Å². The van der Waals surface area contributed by atoms with Crippen molar-refractivity contribution in [3.05, 3.63) is 35.4 Å². The number of hydrogen-bond donors (Lipinski definition) is 0. The van der Waals surface area contributed by atoms with E-state index in [0.717, 1.165) is 6.07 Å². The molecule has 0 saturated carbocycles. The fourth-order valence-electron chi connectivity index (χ4n) is 1.32. The monoisotopic (exact) mass is 213 g/mol. The molecule has 0 N–H and O–H groups in total. The quantitative estimate of drug-likeness (QED) is 0.658. The third-order valence-electron chi connectivity index (χ3n) is 2.07. The van der Waals surface area contributed by atoms with E-state index >= 15 is 0 Å². The third kappa shape index (κ3) is 2.26. The Morgan fingerprint density at radius 2 is 1.93 bits per heavy atom. The van der Waals surface area contributed by atoms with Gasteiger partial charge in [-0.25, -0.2) is 0 Å². The molecule has 1 aromatic carbocycles. The second-order valence-electron chi connectivity index (χ2n) is 3.09. The average molecular weight is 213 g/mol. The molecule has 1 aromatic rings. The van der Waals surface area contributed by atoms with E-state index < -0.39 is 11.7 Å². The molecule has 0 saturated heterocycles. The Morgan fingerprint density at radius 3 is 2.33 bits per heavy atom. The van der Waals surface area contributed by atoms with Crippen LogP contribution in [-0.4, -0.2) is 6.72 Å². The Bertz CT molecular complexity index is 405. The van der Waals surface area contributed by atoms with Crippen LogP contribution in [0.5, 0.6) is 0 Å². The fraction of sp³-hybridized carbons (Fsp3) is 0.182. The first-order valence-electron chi connectivity index (χ1n) is 4.21. The molecule has 1 nitrogen and oxygen atoms in total. The van der Waals surface area contributed by atoms with Gasteiger partial charge in [-0.1, -0.05) is 12.7 Å². The second kappa shape index (κ2) is 3.88. The zero-order valence-corrected chi connectivity index (χ0v) is 8.23. The molecule has 0 fully saturated rings. The number of aryl methyl sites for hydroxylation is 1. The molecule has 0 unspecified atom stereocenters. The van der Waals surface area contributed by atoms with Gasteiger partial charge in [0.1, 0.15) is 0 Å². The molecule has 0 amide bonds. The molecule has 15 heavy (non-hydrogen) atoms. The molecular formula is C11H10F3N. The molecule has 4 heteroatoms. The molecule has 0 atom stereocenters. The van der Waals surface area contributed by atoms with Crippen molar-refractivity contribution in [2.24, 2.45) is 4.99 Å². The number of hydrogen-bond acceptors (Lipinski definition) is 1. The number of benzene rings is 1. The maximum absolute atomic E-state index is 12.5. The lowest BCUT2D eigenvalue weighted by molar-refractivity contribution is -0.138. The summed E-state index contributed by atoms with van der Waals surface area (Å²) in [6.07, 6.45) is -2.90. The van der Waals surface area contributed by atoms with Crippen LogP contribution in [0, 0.1) is 6.92 Å². The molecule has 0 radical (unpaired) electrons. The van der Waals surface area contributed by atoms with Crippen LogP contribution in [-0.2, 0) is 6.18 Å². The van der Waals surface area contributed by atoms with Crippen LogP contribution in [0.2, 0.25) is 0 Å². The van der Waals surface area contributed by atoms with E-state index in [1.54, 1.807) is 0 Å². The van der Waals surface area contributed by atoms with E-state index in [4.69, 9.17) is 0 Å². The lowest BCUT2D eigenvalue weighted by atomic mass is 10.0. The van der Waals surface area contributed by atoms with E-state index in [-0.39, 0.29) is 11.3 Å². The zero-order valence-electron chi connectivity index (χ0n) is 8.23. The van der Waals surface area contributed by atoms with Gasteiger partial charge in [0.05, 0.1) is 11.3 Å². The van der Waals surface area contributed by atoms with Gasteiger partial charge >= 0.3 is 6.18 Å². The zero-order chi connectivity index (χ0) is 11.6. The van der Waals surface area contributed by atoms with Gasteiger partial charge in [0, 0.05) is 0 Å². The van der Waals surface area contributed by atoms with Crippen molar-refractivity contribution in [1.29, 1.82) is 0 Å². The molecule has 80 valence electrons. The van der Waals surface area contributed by atoms with Crippen molar-refractivity contribution in [2.75, 3.05) is 0 Å². The van der Waals surface area contributed by atoms with E-state index in [9.17, 15) is 13.2 Å². The second-order valence-corrected chi connectivity index (χ2v) is 3.09. The Balaban J connectivity index is 3.45. The van der Waals surface area contributed by atoms with Crippen molar-refractivity contribution in [3.63, 3.8) is 0 Å². The highest BCUT2D eigenvalue weighted by atomic mass is 19.4. The van der Waals surface area contributed by atoms with Crippen LogP contribution in [0.25, 0.3) is 6.08 Å². The molecule has 0 aliphatic heterocycles. The summed E-state index contributed by atoms with van der Waals surface area (Å²) in [4.78, 5) is 3.54. The van der Waals surface area contributed by atoms with Crippen molar-refractivity contribution in [3.8, 4) is 0 Å². The van der Waals surface area contributed by atoms with Gasteiger partial charge in [-0.05, 0) is 36.9 Å². The smallest absolute Gasteiger partial charge is 0.264 e. The molecule has 0 aliphatic rings. The molecule has 0 aliphatic carbocycles. The van der Waals surface area contributed by atoms with Gasteiger partial charge in [0.25, 0.3) is 0 Å². The third-order valence-corrected chi connectivity index (χ3v) is 2.07. The summed E-state index contributed by atoms with van der Waals surface area (Å²) in [5.41, 5.74) is 0.221. The largest absolute Gasteiger partial charge is 0.416 e. The summed E-state index contributed by atoms with van der Waals surface area (Å²) in [5, 5.41) is 0. The average Bonchev–Trinajstić information content (AvgIpc) is 2.15. The maximum Gasteiger partial charge on any atom is 0.416 e. The molecule has 0 spiro atoms. The minimum atomic E-state index is -4.36. The number of nitrogens with zero attached hydrogens (tertiary/aromatic N) is 1. The van der Waals surface area contributed by atoms with Crippen molar-refractivity contribution < 1.29 is 13.2 Å². The summed E-state index contributed by atoms with van der Waals surface area (Å²) in [6, 6.07) is 2.39. The summed E-state index contributed by atoms with van der Waals surface area (Å²) < 4.78 is 37.5. The maximum atomic E-state index is 12.5. The van der Waals surface area contributed by atoms with E-state index in [1.165, 1.54) is 19.1 Å². The number of rotatable bonds is 2.